The first-order valence-corrected chi connectivity index (χ1v) is 20.6. The minimum absolute atomic E-state index is 0.218. The van der Waals surface area contributed by atoms with Crippen molar-refractivity contribution in [2.24, 2.45) is 0 Å². The van der Waals surface area contributed by atoms with Crippen molar-refractivity contribution in [2.75, 3.05) is 6.61 Å². The van der Waals surface area contributed by atoms with E-state index in [1.807, 2.05) is 0 Å². The number of ether oxygens (including phenoxy) is 2. The molecule has 0 heterocycles. The van der Waals surface area contributed by atoms with Crippen molar-refractivity contribution in [2.45, 2.75) is 244 Å². The second-order valence-corrected chi connectivity index (χ2v) is 14.6. The summed E-state index contributed by atoms with van der Waals surface area (Å²) in [7, 11) is 0. The van der Waals surface area contributed by atoms with Crippen molar-refractivity contribution in [3.05, 3.63) is 0 Å². The largest absolute Gasteiger partial charge is 0.456 e. The first-order chi connectivity index (χ1) is 22.6. The molecule has 1 fully saturated rings. The van der Waals surface area contributed by atoms with Gasteiger partial charge in [0, 0.05) is 12.8 Å². The maximum absolute atomic E-state index is 12.5. The molecule has 0 amide bonds. The van der Waals surface area contributed by atoms with E-state index < -0.39 is 11.7 Å². The van der Waals surface area contributed by atoms with Gasteiger partial charge in [-0.1, -0.05) is 194 Å². The molecule has 1 saturated carbocycles. The zero-order valence-corrected chi connectivity index (χ0v) is 30.9. The Morgan fingerprint density at radius 1 is 0.478 bits per heavy atom. The molecule has 0 saturated heterocycles. The first-order valence-electron chi connectivity index (χ1n) is 20.6. The van der Waals surface area contributed by atoms with Gasteiger partial charge in [-0.2, -0.15) is 0 Å². The molecule has 1 unspecified atom stereocenters. The molecule has 1 N–H and O–H groups in total. The van der Waals surface area contributed by atoms with Crippen LogP contribution >= 0.6 is 0 Å². The standard InChI is InChI=1S/C41H78O5/c1-3-5-7-9-11-13-15-17-19-21-23-25-27-29-31-33-39(43)45-38(37-42)41(35-36-41)46-40(44)34-32-30-28-26-24-22-20-18-16-14-12-10-8-6-4-2/h38,42H,3-37H2,1-2H3. The van der Waals surface area contributed by atoms with Crippen molar-refractivity contribution in [1.29, 1.82) is 0 Å². The van der Waals surface area contributed by atoms with Gasteiger partial charge in [-0.15, -0.1) is 0 Å². The molecule has 1 atom stereocenters. The van der Waals surface area contributed by atoms with Crippen LogP contribution in [0.2, 0.25) is 0 Å². The molecule has 0 aliphatic heterocycles. The van der Waals surface area contributed by atoms with Crippen LogP contribution in [-0.4, -0.2) is 35.4 Å². The van der Waals surface area contributed by atoms with E-state index in [2.05, 4.69) is 13.8 Å². The van der Waals surface area contributed by atoms with Gasteiger partial charge >= 0.3 is 11.9 Å². The van der Waals surface area contributed by atoms with Crippen LogP contribution in [0.5, 0.6) is 0 Å². The van der Waals surface area contributed by atoms with Gasteiger partial charge in [0.25, 0.3) is 0 Å². The van der Waals surface area contributed by atoms with Crippen molar-refractivity contribution in [1.82, 2.24) is 0 Å². The monoisotopic (exact) mass is 651 g/mol. The number of aliphatic hydroxyl groups excluding tert-OH is 1. The molecule has 0 aromatic rings. The number of carbonyl (C=O) groups is 2. The van der Waals surface area contributed by atoms with Crippen molar-refractivity contribution < 1.29 is 24.2 Å². The third-order valence-electron chi connectivity index (χ3n) is 10.1. The van der Waals surface area contributed by atoms with Gasteiger partial charge in [0.05, 0.1) is 6.61 Å². The van der Waals surface area contributed by atoms with E-state index in [1.165, 1.54) is 161 Å². The zero-order chi connectivity index (χ0) is 33.4. The Kier molecular flexibility index (Phi) is 29.1. The summed E-state index contributed by atoms with van der Waals surface area (Å²) in [4.78, 5) is 25.0. The van der Waals surface area contributed by atoms with Crippen LogP contribution < -0.4 is 0 Å². The Balaban J connectivity index is 1.97. The third-order valence-corrected chi connectivity index (χ3v) is 10.1. The minimum Gasteiger partial charge on any atom is -0.456 e. The Labute approximate surface area is 286 Å². The normalized spacial score (nSPS) is 14.3. The highest BCUT2D eigenvalue weighted by Gasteiger charge is 2.55. The maximum atomic E-state index is 12.5. The highest BCUT2D eigenvalue weighted by molar-refractivity contribution is 5.71. The highest BCUT2D eigenvalue weighted by Crippen LogP contribution is 2.44. The molecule has 0 radical (unpaired) electrons. The van der Waals surface area contributed by atoms with Gasteiger partial charge in [0.15, 0.2) is 11.7 Å². The fraction of sp³-hybridized carbons (Fsp3) is 0.951. The van der Waals surface area contributed by atoms with Crippen LogP contribution in [0.25, 0.3) is 0 Å². The lowest BCUT2D eigenvalue weighted by atomic mass is 10.0. The predicted octanol–water partition coefficient (Wildman–Crippen LogP) is 12.5. The Morgan fingerprint density at radius 2 is 0.761 bits per heavy atom. The van der Waals surface area contributed by atoms with E-state index in [-0.39, 0.29) is 18.5 Å². The van der Waals surface area contributed by atoms with Crippen LogP contribution in [-0.2, 0) is 19.1 Å². The first kappa shape index (κ1) is 42.9. The molecule has 1 aliphatic carbocycles. The summed E-state index contributed by atoms with van der Waals surface area (Å²) in [6, 6.07) is 0. The average Bonchev–Trinajstić information content (AvgIpc) is 3.83. The Morgan fingerprint density at radius 3 is 1.04 bits per heavy atom. The second kappa shape index (κ2) is 31.2. The van der Waals surface area contributed by atoms with Crippen LogP contribution in [0.3, 0.4) is 0 Å². The quantitative estimate of drug-likeness (QED) is 0.0539. The molecule has 0 bridgehead atoms. The number of esters is 2. The van der Waals surface area contributed by atoms with Gasteiger partial charge < -0.3 is 14.6 Å². The number of hydrogen-bond acceptors (Lipinski definition) is 5. The van der Waals surface area contributed by atoms with E-state index in [0.717, 1.165) is 32.1 Å². The van der Waals surface area contributed by atoms with Gasteiger partial charge in [0.2, 0.25) is 0 Å². The minimum atomic E-state index is -0.800. The topological polar surface area (TPSA) is 72.8 Å². The summed E-state index contributed by atoms with van der Waals surface area (Å²) in [6.07, 6.45) is 40.2. The van der Waals surface area contributed by atoms with E-state index in [4.69, 9.17) is 9.47 Å². The number of rotatable bonds is 36. The molecule has 272 valence electrons. The molecule has 0 spiro atoms. The smallest absolute Gasteiger partial charge is 0.306 e. The van der Waals surface area contributed by atoms with Crippen molar-refractivity contribution in [3.63, 3.8) is 0 Å². The van der Waals surface area contributed by atoms with E-state index in [0.29, 0.717) is 25.7 Å². The summed E-state index contributed by atoms with van der Waals surface area (Å²) >= 11 is 0. The molecule has 0 aromatic heterocycles. The van der Waals surface area contributed by atoms with Gasteiger partial charge in [-0.25, -0.2) is 0 Å². The lowest BCUT2D eigenvalue weighted by Crippen LogP contribution is -2.40. The van der Waals surface area contributed by atoms with Gasteiger partial charge in [0.1, 0.15) is 0 Å². The molecule has 0 aromatic carbocycles. The third kappa shape index (κ3) is 25.0. The molecule has 5 nitrogen and oxygen atoms in total. The average molecular weight is 651 g/mol. The number of carbonyl (C=O) groups excluding carboxylic acids is 2. The molecule has 46 heavy (non-hydrogen) atoms. The van der Waals surface area contributed by atoms with Crippen LogP contribution in [0.4, 0.5) is 0 Å². The number of unbranched alkanes of at least 4 members (excludes halogenated alkanes) is 28. The summed E-state index contributed by atoms with van der Waals surface area (Å²) in [5, 5.41) is 9.92. The van der Waals surface area contributed by atoms with Crippen LogP contribution in [0.15, 0.2) is 0 Å². The van der Waals surface area contributed by atoms with Crippen LogP contribution in [0, 0.1) is 0 Å². The highest BCUT2D eigenvalue weighted by atomic mass is 16.6. The summed E-state index contributed by atoms with van der Waals surface area (Å²) < 4.78 is 11.4. The van der Waals surface area contributed by atoms with E-state index in [1.54, 1.807) is 0 Å². The molecule has 1 aliphatic rings. The van der Waals surface area contributed by atoms with E-state index >= 15 is 0 Å². The summed E-state index contributed by atoms with van der Waals surface area (Å²) in [5.41, 5.74) is -0.800. The second-order valence-electron chi connectivity index (χ2n) is 14.6. The van der Waals surface area contributed by atoms with Gasteiger partial charge in [-0.05, 0) is 25.7 Å². The SMILES string of the molecule is CCCCCCCCCCCCCCCCCC(=O)OC(CO)C1(OC(=O)CCCCCCCCCCCCCCCCC)CC1. The Bertz CT molecular complexity index is 688. The maximum Gasteiger partial charge on any atom is 0.306 e. The number of aliphatic hydroxyl groups is 1. The van der Waals surface area contributed by atoms with Crippen molar-refractivity contribution >= 4 is 11.9 Å². The molecule has 5 heteroatoms. The zero-order valence-electron chi connectivity index (χ0n) is 30.9. The van der Waals surface area contributed by atoms with Gasteiger partial charge in [-0.3, -0.25) is 9.59 Å². The molecular formula is C41H78O5. The lowest BCUT2D eigenvalue weighted by Gasteiger charge is -2.25. The number of hydrogen-bond donors (Lipinski definition) is 1. The summed E-state index contributed by atoms with van der Waals surface area (Å²) in [6.45, 7) is 4.25. The predicted molar refractivity (Wildman–Crippen MR) is 194 cm³/mol. The van der Waals surface area contributed by atoms with Crippen molar-refractivity contribution in [3.8, 4) is 0 Å². The van der Waals surface area contributed by atoms with Crippen LogP contribution in [0.1, 0.15) is 232 Å². The fourth-order valence-corrected chi connectivity index (χ4v) is 6.70. The lowest BCUT2D eigenvalue weighted by molar-refractivity contribution is -0.175. The van der Waals surface area contributed by atoms with E-state index in [9.17, 15) is 14.7 Å². The Hall–Kier alpha value is -1.10. The fourth-order valence-electron chi connectivity index (χ4n) is 6.70. The summed E-state index contributed by atoms with van der Waals surface area (Å²) in [5.74, 6) is -0.498. The molecular weight excluding hydrogens is 572 g/mol. The molecule has 1 rings (SSSR count).